The van der Waals surface area contributed by atoms with Crippen molar-refractivity contribution >= 4 is 0 Å². The Balaban J connectivity index is 2.03. The van der Waals surface area contributed by atoms with Gasteiger partial charge >= 0.3 is 0 Å². The van der Waals surface area contributed by atoms with Crippen LogP contribution in [0.1, 0.15) is 81.8 Å². The van der Waals surface area contributed by atoms with Gasteiger partial charge in [-0.3, -0.25) is 0 Å². The average molecular weight is 304 g/mol. The molecule has 0 saturated heterocycles. The van der Waals surface area contributed by atoms with Gasteiger partial charge in [0.1, 0.15) is 11.5 Å². The quantitative estimate of drug-likeness (QED) is 0.711. The summed E-state index contributed by atoms with van der Waals surface area (Å²) in [5, 5.41) is 10.3. The first-order valence-corrected chi connectivity index (χ1v) is 9.20. The minimum Gasteiger partial charge on any atom is -0.508 e. The van der Waals surface area contributed by atoms with Gasteiger partial charge in [-0.05, 0) is 43.4 Å². The predicted octanol–water partition coefficient (Wildman–Crippen LogP) is 5.79. The zero-order valence-electron chi connectivity index (χ0n) is 14.2. The maximum Gasteiger partial charge on any atom is 0.126 e. The van der Waals surface area contributed by atoms with Crippen molar-refractivity contribution in [1.29, 1.82) is 0 Å². The van der Waals surface area contributed by atoms with Crippen LogP contribution in [0.2, 0.25) is 0 Å². The van der Waals surface area contributed by atoms with Gasteiger partial charge < -0.3 is 9.84 Å². The molecule has 1 aromatic rings. The van der Waals surface area contributed by atoms with Crippen LogP contribution in [0.25, 0.3) is 0 Å². The van der Waals surface area contributed by atoms with Gasteiger partial charge in [-0.2, -0.15) is 0 Å². The average Bonchev–Trinajstić information content (AvgIpc) is 2.52. The zero-order valence-corrected chi connectivity index (χ0v) is 14.2. The molecular weight excluding hydrogens is 272 g/mol. The monoisotopic (exact) mass is 304 g/mol. The lowest BCUT2D eigenvalue weighted by molar-refractivity contribution is 0.397. The van der Waals surface area contributed by atoms with Crippen molar-refractivity contribution in [3.8, 4) is 11.5 Å². The Kier molecular flexibility index (Phi) is 7.62. The molecule has 0 radical (unpaired) electrons. The van der Waals surface area contributed by atoms with E-state index >= 15 is 0 Å². The maximum atomic E-state index is 10.3. The van der Waals surface area contributed by atoms with E-state index in [-0.39, 0.29) is 0 Å². The van der Waals surface area contributed by atoms with E-state index in [0.717, 1.165) is 30.6 Å². The number of phenols is 1. The van der Waals surface area contributed by atoms with Gasteiger partial charge in [0.2, 0.25) is 0 Å². The molecule has 124 valence electrons. The van der Waals surface area contributed by atoms with Crippen molar-refractivity contribution in [3.05, 3.63) is 23.3 Å². The summed E-state index contributed by atoms with van der Waals surface area (Å²) in [5.41, 5.74) is 2.21. The molecule has 2 aliphatic carbocycles. The Morgan fingerprint density at radius 2 is 1.23 bits per heavy atom. The largest absolute Gasteiger partial charge is 0.508 e. The first-order chi connectivity index (χ1) is 10.8. The molecule has 0 aliphatic heterocycles. The third-order valence-electron chi connectivity index (χ3n) is 4.86. The number of fused-ring (bicyclic) bond motifs is 14. The number of ether oxygens (including phenoxy) is 1. The van der Waals surface area contributed by atoms with Crippen molar-refractivity contribution in [2.75, 3.05) is 7.11 Å². The highest BCUT2D eigenvalue weighted by atomic mass is 16.5. The second-order valence-corrected chi connectivity index (χ2v) is 6.68. The van der Waals surface area contributed by atoms with Crippen LogP contribution in [0.3, 0.4) is 0 Å². The molecule has 3 rings (SSSR count). The third-order valence-corrected chi connectivity index (χ3v) is 4.86. The number of hydrogen-bond donors (Lipinski definition) is 1. The first-order valence-electron chi connectivity index (χ1n) is 9.20. The Labute approximate surface area is 135 Å². The van der Waals surface area contributed by atoms with Gasteiger partial charge in [-0.25, -0.2) is 0 Å². The molecule has 0 amide bonds. The number of methoxy groups -OCH3 is 1. The summed E-state index contributed by atoms with van der Waals surface area (Å²) in [4.78, 5) is 0. The van der Waals surface area contributed by atoms with Crippen molar-refractivity contribution in [2.24, 2.45) is 0 Å². The van der Waals surface area contributed by atoms with Crippen molar-refractivity contribution < 1.29 is 9.84 Å². The van der Waals surface area contributed by atoms with Gasteiger partial charge in [0, 0.05) is 5.56 Å². The molecule has 22 heavy (non-hydrogen) atoms. The van der Waals surface area contributed by atoms with Gasteiger partial charge in [0.05, 0.1) is 7.11 Å². The summed E-state index contributed by atoms with van der Waals surface area (Å²) < 4.78 is 5.52. The van der Waals surface area contributed by atoms with E-state index in [4.69, 9.17) is 4.74 Å². The van der Waals surface area contributed by atoms with Crippen molar-refractivity contribution in [1.82, 2.24) is 0 Å². The number of hydrogen-bond acceptors (Lipinski definition) is 2. The number of benzene rings is 1. The first kappa shape index (κ1) is 17.2. The summed E-state index contributed by atoms with van der Waals surface area (Å²) >= 11 is 0. The van der Waals surface area contributed by atoms with E-state index in [1.165, 1.54) is 69.8 Å². The minimum atomic E-state index is 0.429. The van der Waals surface area contributed by atoms with E-state index in [2.05, 4.69) is 6.07 Å². The van der Waals surface area contributed by atoms with Crippen LogP contribution in [0.4, 0.5) is 0 Å². The fourth-order valence-electron chi connectivity index (χ4n) is 3.49. The molecule has 1 N–H and O–H groups in total. The molecule has 1 aromatic carbocycles. The lowest BCUT2D eigenvalue weighted by Crippen LogP contribution is -1.96. The van der Waals surface area contributed by atoms with Gasteiger partial charge in [0.25, 0.3) is 0 Å². The lowest BCUT2D eigenvalue weighted by atomic mass is 9.99. The molecule has 2 heteroatoms. The molecule has 0 atom stereocenters. The summed E-state index contributed by atoms with van der Waals surface area (Å²) in [6.07, 6.45) is 16.5. The maximum absolute atomic E-state index is 10.3. The topological polar surface area (TPSA) is 29.5 Å². The lowest BCUT2D eigenvalue weighted by Gasteiger charge is -2.13. The highest BCUT2D eigenvalue weighted by Gasteiger charge is 2.11. The van der Waals surface area contributed by atoms with E-state index in [0.29, 0.717) is 5.75 Å². The molecule has 2 bridgehead atoms. The Hall–Kier alpha value is -1.18. The van der Waals surface area contributed by atoms with Crippen LogP contribution in [-0.4, -0.2) is 12.2 Å². The second kappa shape index (κ2) is 9.76. The molecule has 0 heterocycles. The Morgan fingerprint density at radius 1 is 0.727 bits per heavy atom. The second-order valence-electron chi connectivity index (χ2n) is 6.68. The van der Waals surface area contributed by atoms with E-state index in [1.54, 1.807) is 7.11 Å². The SMILES string of the molecule is COc1cc2cc(O)c1CCCCCCCCCCCCC2. The molecule has 2 nitrogen and oxygen atoms in total. The summed E-state index contributed by atoms with van der Waals surface area (Å²) in [7, 11) is 1.71. The summed E-state index contributed by atoms with van der Waals surface area (Å²) in [5.74, 6) is 1.30. The van der Waals surface area contributed by atoms with Crippen LogP contribution in [0, 0.1) is 0 Å². The fraction of sp³-hybridized carbons (Fsp3) is 0.700. The van der Waals surface area contributed by atoms with Crippen LogP contribution < -0.4 is 4.74 Å². The van der Waals surface area contributed by atoms with Crippen LogP contribution in [0.5, 0.6) is 11.5 Å². The van der Waals surface area contributed by atoms with Gasteiger partial charge in [-0.1, -0.05) is 57.8 Å². The highest BCUT2D eigenvalue weighted by Crippen LogP contribution is 2.32. The van der Waals surface area contributed by atoms with Crippen LogP contribution in [0.15, 0.2) is 12.1 Å². The number of aryl methyl sites for hydroxylation is 1. The fourth-order valence-corrected chi connectivity index (χ4v) is 3.49. The highest BCUT2D eigenvalue weighted by molar-refractivity contribution is 5.47. The van der Waals surface area contributed by atoms with Gasteiger partial charge in [0.15, 0.2) is 0 Å². The van der Waals surface area contributed by atoms with Crippen LogP contribution in [-0.2, 0) is 12.8 Å². The molecule has 0 aromatic heterocycles. The van der Waals surface area contributed by atoms with Crippen molar-refractivity contribution in [2.45, 2.75) is 83.5 Å². The predicted molar refractivity (Wildman–Crippen MR) is 92.9 cm³/mol. The minimum absolute atomic E-state index is 0.429. The smallest absolute Gasteiger partial charge is 0.126 e. The third kappa shape index (κ3) is 5.55. The Bertz CT molecular complexity index is 440. The number of aromatic hydroxyl groups is 1. The number of phenolic OH excluding ortho intramolecular Hbond substituents is 1. The van der Waals surface area contributed by atoms with Gasteiger partial charge in [-0.15, -0.1) is 0 Å². The molecule has 0 spiro atoms. The number of rotatable bonds is 1. The molecule has 2 aliphatic rings. The van der Waals surface area contributed by atoms with E-state index in [1.807, 2.05) is 6.07 Å². The summed E-state index contributed by atoms with van der Waals surface area (Å²) in [6.45, 7) is 0. The molecule has 0 saturated carbocycles. The van der Waals surface area contributed by atoms with E-state index < -0.39 is 0 Å². The Morgan fingerprint density at radius 3 is 1.77 bits per heavy atom. The molecule has 0 unspecified atom stereocenters. The zero-order chi connectivity index (χ0) is 15.6. The molecular formula is C20H32O2. The standard InChI is InChI=1S/C20H32O2/c1-22-20-16-17-13-11-9-7-5-3-2-4-6-8-10-12-14-18(20)19(21)15-17/h15-16,21H,2-14H2,1H3. The van der Waals surface area contributed by atoms with Crippen molar-refractivity contribution in [3.63, 3.8) is 0 Å². The molecule has 0 fully saturated rings. The summed E-state index contributed by atoms with van der Waals surface area (Å²) in [6, 6.07) is 4.09. The van der Waals surface area contributed by atoms with Crippen LogP contribution >= 0.6 is 0 Å². The normalized spacial score (nSPS) is 18.8. The van der Waals surface area contributed by atoms with E-state index in [9.17, 15) is 5.11 Å².